The van der Waals surface area contributed by atoms with E-state index in [0.29, 0.717) is 17.5 Å². The lowest BCUT2D eigenvalue weighted by atomic mass is 10.1. The second kappa shape index (κ2) is 7.80. The third kappa shape index (κ3) is 4.46. The van der Waals surface area contributed by atoms with Gasteiger partial charge in [-0.3, -0.25) is 0 Å². The molecule has 134 valence electrons. The number of benzene rings is 2. The van der Waals surface area contributed by atoms with Crippen molar-refractivity contribution in [3.05, 3.63) is 59.2 Å². The Balaban J connectivity index is 2.33. The molecule has 1 unspecified atom stereocenters. The number of hydrogen-bond donors (Lipinski definition) is 1. The quantitative estimate of drug-likeness (QED) is 0.800. The van der Waals surface area contributed by atoms with Gasteiger partial charge in [0, 0.05) is 6.04 Å². The number of carbonyl (C=O) groups is 1. The summed E-state index contributed by atoms with van der Waals surface area (Å²) in [5.41, 5.74) is 7.68. The van der Waals surface area contributed by atoms with Crippen molar-refractivity contribution in [2.24, 2.45) is 5.73 Å². The van der Waals surface area contributed by atoms with Gasteiger partial charge in [-0.25, -0.2) is 13.2 Å². The van der Waals surface area contributed by atoms with E-state index in [2.05, 4.69) is 0 Å². The van der Waals surface area contributed by atoms with E-state index < -0.39 is 15.8 Å². The summed E-state index contributed by atoms with van der Waals surface area (Å²) in [5.74, 6) is -0.454. The average molecular weight is 361 g/mol. The van der Waals surface area contributed by atoms with E-state index >= 15 is 0 Å². The number of rotatable bonds is 6. The molecular formula is C19H23NO4S. The first-order valence-electron chi connectivity index (χ1n) is 8.13. The number of hydrogen-bond acceptors (Lipinski definition) is 5. The first-order valence-corrected chi connectivity index (χ1v) is 9.61. The van der Waals surface area contributed by atoms with Crippen molar-refractivity contribution in [1.29, 1.82) is 0 Å². The molecule has 0 aliphatic heterocycles. The molecule has 0 heterocycles. The SMILES string of the molecule is CCOC(=O)c1ccc(S(=O)(=O)c2ccc(CC(C)N)cc2)cc1C. The number of sulfone groups is 1. The number of carbonyl (C=O) groups excluding carboxylic acids is 1. The fraction of sp³-hybridized carbons (Fsp3) is 0.316. The Bertz CT molecular complexity index is 855. The Morgan fingerprint density at radius 1 is 1.12 bits per heavy atom. The van der Waals surface area contributed by atoms with Crippen LogP contribution in [0.3, 0.4) is 0 Å². The summed E-state index contributed by atoms with van der Waals surface area (Å²) >= 11 is 0. The van der Waals surface area contributed by atoms with Gasteiger partial charge >= 0.3 is 5.97 Å². The van der Waals surface area contributed by atoms with E-state index in [9.17, 15) is 13.2 Å². The van der Waals surface area contributed by atoms with E-state index in [0.717, 1.165) is 5.56 Å². The van der Waals surface area contributed by atoms with Crippen molar-refractivity contribution < 1.29 is 17.9 Å². The molecule has 0 amide bonds. The minimum atomic E-state index is -3.64. The first kappa shape index (κ1) is 19.1. The van der Waals surface area contributed by atoms with Gasteiger partial charge in [0.25, 0.3) is 0 Å². The summed E-state index contributed by atoms with van der Waals surface area (Å²) in [7, 11) is -3.64. The van der Waals surface area contributed by atoms with Crippen molar-refractivity contribution in [2.75, 3.05) is 6.61 Å². The van der Waals surface area contributed by atoms with Gasteiger partial charge in [-0.1, -0.05) is 12.1 Å². The lowest BCUT2D eigenvalue weighted by Crippen LogP contribution is -2.17. The Kier molecular flexibility index (Phi) is 5.98. The van der Waals surface area contributed by atoms with E-state index in [-0.39, 0.29) is 22.4 Å². The number of esters is 1. The fourth-order valence-electron chi connectivity index (χ4n) is 2.55. The Hall–Kier alpha value is -2.18. The first-order chi connectivity index (χ1) is 11.8. The molecule has 0 bridgehead atoms. The van der Waals surface area contributed by atoms with E-state index in [1.165, 1.54) is 18.2 Å². The molecule has 0 aromatic heterocycles. The topological polar surface area (TPSA) is 86.5 Å². The monoisotopic (exact) mass is 361 g/mol. The van der Waals surface area contributed by atoms with Crippen LogP contribution in [0, 0.1) is 6.92 Å². The van der Waals surface area contributed by atoms with Gasteiger partial charge in [0.1, 0.15) is 0 Å². The van der Waals surface area contributed by atoms with Crippen LogP contribution in [-0.2, 0) is 21.0 Å². The molecule has 0 saturated carbocycles. The molecule has 2 aromatic carbocycles. The average Bonchev–Trinajstić information content (AvgIpc) is 2.54. The summed E-state index contributed by atoms with van der Waals surface area (Å²) < 4.78 is 30.5. The molecule has 25 heavy (non-hydrogen) atoms. The lowest BCUT2D eigenvalue weighted by molar-refractivity contribution is 0.0525. The van der Waals surface area contributed by atoms with Gasteiger partial charge in [-0.15, -0.1) is 0 Å². The van der Waals surface area contributed by atoms with Crippen LogP contribution >= 0.6 is 0 Å². The van der Waals surface area contributed by atoms with E-state index in [1.807, 2.05) is 6.92 Å². The summed E-state index contributed by atoms with van der Waals surface area (Å²) in [4.78, 5) is 12.2. The standard InChI is InChI=1S/C19H23NO4S/c1-4-24-19(21)18-10-9-17(11-13(18)2)25(22,23)16-7-5-15(6-8-16)12-14(3)20/h5-11,14H,4,12,20H2,1-3H3. The Labute approximate surface area is 148 Å². The lowest BCUT2D eigenvalue weighted by Gasteiger charge is -2.10. The zero-order valence-electron chi connectivity index (χ0n) is 14.7. The molecule has 0 saturated heterocycles. The van der Waals surface area contributed by atoms with Crippen molar-refractivity contribution >= 4 is 15.8 Å². The zero-order valence-corrected chi connectivity index (χ0v) is 15.5. The van der Waals surface area contributed by atoms with Crippen molar-refractivity contribution in [1.82, 2.24) is 0 Å². The molecule has 0 spiro atoms. The molecule has 6 heteroatoms. The van der Waals surface area contributed by atoms with Gasteiger partial charge < -0.3 is 10.5 Å². The highest BCUT2D eigenvalue weighted by molar-refractivity contribution is 7.91. The maximum Gasteiger partial charge on any atom is 0.338 e. The van der Waals surface area contributed by atoms with Gasteiger partial charge in [0.05, 0.1) is 22.0 Å². The van der Waals surface area contributed by atoms with Gasteiger partial charge in [0.15, 0.2) is 0 Å². The third-order valence-corrected chi connectivity index (χ3v) is 5.56. The van der Waals surface area contributed by atoms with Crippen LogP contribution in [0.15, 0.2) is 52.3 Å². The second-order valence-electron chi connectivity index (χ2n) is 6.03. The maximum atomic E-state index is 12.8. The summed E-state index contributed by atoms with van der Waals surface area (Å²) in [6.07, 6.45) is 0.688. The summed E-state index contributed by atoms with van der Waals surface area (Å²) in [5, 5.41) is 0. The van der Waals surface area contributed by atoms with Crippen LogP contribution in [0.1, 0.15) is 35.3 Å². The third-order valence-electron chi connectivity index (χ3n) is 3.79. The smallest absolute Gasteiger partial charge is 0.338 e. The molecule has 0 aliphatic rings. The zero-order chi connectivity index (χ0) is 18.6. The number of nitrogens with two attached hydrogens (primary N) is 1. The molecule has 2 rings (SSSR count). The normalized spacial score (nSPS) is 12.6. The maximum absolute atomic E-state index is 12.8. The number of ether oxygens (including phenoxy) is 1. The van der Waals surface area contributed by atoms with Crippen LogP contribution in [0.25, 0.3) is 0 Å². The Morgan fingerprint density at radius 2 is 1.72 bits per heavy atom. The predicted molar refractivity (Wildman–Crippen MR) is 96.4 cm³/mol. The largest absolute Gasteiger partial charge is 0.462 e. The van der Waals surface area contributed by atoms with Crippen LogP contribution in [0.5, 0.6) is 0 Å². The molecule has 0 radical (unpaired) electrons. The van der Waals surface area contributed by atoms with Crippen molar-refractivity contribution in [2.45, 2.75) is 43.0 Å². The predicted octanol–water partition coefficient (Wildman–Crippen LogP) is 2.89. The van der Waals surface area contributed by atoms with Crippen LogP contribution < -0.4 is 5.73 Å². The molecule has 2 N–H and O–H groups in total. The van der Waals surface area contributed by atoms with Gasteiger partial charge in [-0.2, -0.15) is 0 Å². The summed E-state index contributed by atoms with van der Waals surface area (Å²) in [6.45, 7) is 5.59. The fourth-order valence-corrected chi connectivity index (χ4v) is 3.90. The molecule has 1 atom stereocenters. The van der Waals surface area contributed by atoms with Crippen molar-refractivity contribution in [3.8, 4) is 0 Å². The highest BCUT2D eigenvalue weighted by Gasteiger charge is 2.20. The molecule has 5 nitrogen and oxygen atoms in total. The minimum Gasteiger partial charge on any atom is -0.462 e. The molecule has 0 fully saturated rings. The Morgan fingerprint density at radius 3 is 2.24 bits per heavy atom. The highest BCUT2D eigenvalue weighted by Crippen LogP contribution is 2.24. The van der Waals surface area contributed by atoms with Gasteiger partial charge in [0.2, 0.25) is 9.84 Å². The van der Waals surface area contributed by atoms with Crippen molar-refractivity contribution in [3.63, 3.8) is 0 Å². The highest BCUT2D eigenvalue weighted by atomic mass is 32.2. The molecular weight excluding hydrogens is 338 g/mol. The van der Waals surface area contributed by atoms with Crippen LogP contribution in [0.2, 0.25) is 0 Å². The van der Waals surface area contributed by atoms with Gasteiger partial charge in [-0.05, 0) is 68.7 Å². The molecule has 0 aliphatic carbocycles. The molecule has 2 aromatic rings. The second-order valence-corrected chi connectivity index (χ2v) is 7.98. The van der Waals surface area contributed by atoms with Crippen LogP contribution in [0.4, 0.5) is 0 Å². The van der Waals surface area contributed by atoms with Crippen LogP contribution in [-0.4, -0.2) is 27.0 Å². The number of aryl methyl sites for hydroxylation is 1. The van der Waals surface area contributed by atoms with E-state index in [4.69, 9.17) is 10.5 Å². The van der Waals surface area contributed by atoms with E-state index in [1.54, 1.807) is 38.1 Å². The summed E-state index contributed by atoms with van der Waals surface area (Å²) in [6, 6.07) is 11.2. The minimum absolute atomic E-state index is 0.0144.